The minimum atomic E-state index is -0.721. The number of fused-ring (bicyclic) bond motifs is 1. The fourth-order valence-electron chi connectivity index (χ4n) is 4.15. The molecule has 0 fully saturated rings. The minimum absolute atomic E-state index is 0.116. The van der Waals surface area contributed by atoms with Crippen LogP contribution in [-0.4, -0.2) is 40.4 Å². The monoisotopic (exact) mass is 501 g/mol. The first-order valence-electron chi connectivity index (χ1n) is 11.1. The summed E-state index contributed by atoms with van der Waals surface area (Å²) in [5.74, 6) is -0.153. The molecule has 2 aromatic carbocycles. The summed E-state index contributed by atoms with van der Waals surface area (Å²) < 4.78 is 3.87. The van der Waals surface area contributed by atoms with Gasteiger partial charge < -0.3 is 10.7 Å². The number of nitrogens with two attached hydrogens (primary N) is 1. The van der Waals surface area contributed by atoms with Crippen LogP contribution in [0.15, 0.2) is 69.5 Å². The Bertz CT molecular complexity index is 1760. The fraction of sp³-hybridized carbons (Fsp3) is 0.160. The Kier molecular flexibility index (Phi) is 5.84. The summed E-state index contributed by atoms with van der Waals surface area (Å²) in [6.07, 6.45) is 1.89. The zero-order valence-electron chi connectivity index (χ0n) is 19.8. The highest BCUT2D eigenvalue weighted by atomic mass is 32.2. The number of thioether (sulfide) groups is 1. The summed E-state index contributed by atoms with van der Waals surface area (Å²) in [4.78, 5) is 41.1. The molecule has 182 valence electrons. The molecule has 0 saturated carbocycles. The average molecular weight is 502 g/mol. The Hall–Kier alpha value is -4.38. The number of carbonyl (C=O) groups is 1. The van der Waals surface area contributed by atoms with Gasteiger partial charge in [-0.25, -0.2) is 4.79 Å². The molecule has 0 aliphatic rings. The number of carbonyl (C=O) groups excluding carboxylic acids is 1. The van der Waals surface area contributed by atoms with Crippen LogP contribution in [0, 0.1) is 6.92 Å². The molecule has 3 aromatic heterocycles. The van der Waals surface area contributed by atoms with Gasteiger partial charge in [-0.05, 0) is 24.6 Å². The van der Waals surface area contributed by atoms with E-state index in [4.69, 9.17) is 5.73 Å². The molecule has 3 heterocycles. The van der Waals surface area contributed by atoms with Crippen LogP contribution in [0.4, 0.5) is 5.82 Å². The van der Waals surface area contributed by atoms with Crippen molar-refractivity contribution in [3.63, 3.8) is 0 Å². The molecular formula is C25H23N7O3S. The third-order valence-electron chi connectivity index (χ3n) is 6.14. The Morgan fingerprint density at radius 3 is 2.53 bits per heavy atom. The molecule has 0 aliphatic carbocycles. The number of para-hydroxylation sites is 2. The van der Waals surface area contributed by atoms with Crippen molar-refractivity contribution in [3.8, 4) is 17.1 Å². The van der Waals surface area contributed by atoms with Crippen molar-refractivity contribution in [3.05, 3.63) is 86.7 Å². The molecule has 0 bridgehead atoms. The summed E-state index contributed by atoms with van der Waals surface area (Å²) in [7, 11) is 2.74. The highest BCUT2D eigenvalue weighted by molar-refractivity contribution is 7.99. The van der Waals surface area contributed by atoms with E-state index in [2.05, 4.69) is 15.2 Å². The first kappa shape index (κ1) is 23.4. The van der Waals surface area contributed by atoms with E-state index in [-0.39, 0.29) is 17.1 Å². The molecule has 0 atom stereocenters. The molecule has 0 amide bonds. The normalized spacial score (nSPS) is 11.3. The number of hydrogen-bond acceptors (Lipinski definition) is 7. The van der Waals surface area contributed by atoms with Crippen molar-refractivity contribution in [1.82, 2.24) is 28.9 Å². The highest BCUT2D eigenvalue weighted by Crippen LogP contribution is 2.33. The van der Waals surface area contributed by atoms with E-state index in [1.807, 2.05) is 66.2 Å². The maximum Gasteiger partial charge on any atom is 0.332 e. The maximum atomic E-state index is 13.1. The van der Waals surface area contributed by atoms with Gasteiger partial charge in [-0.3, -0.25) is 23.3 Å². The maximum absolute atomic E-state index is 13.1. The zero-order chi connectivity index (χ0) is 25.6. The molecule has 0 aliphatic heterocycles. The minimum Gasteiger partial charge on any atom is -0.384 e. The molecule has 36 heavy (non-hydrogen) atoms. The van der Waals surface area contributed by atoms with E-state index < -0.39 is 17.0 Å². The van der Waals surface area contributed by atoms with Gasteiger partial charge in [0.15, 0.2) is 16.8 Å². The first-order valence-corrected chi connectivity index (χ1v) is 12.1. The van der Waals surface area contributed by atoms with Crippen LogP contribution < -0.4 is 17.0 Å². The zero-order valence-corrected chi connectivity index (χ0v) is 20.7. The summed E-state index contributed by atoms with van der Waals surface area (Å²) in [5, 5.41) is 10.4. The lowest BCUT2D eigenvalue weighted by molar-refractivity contribution is 0.102. The Labute approximate surface area is 209 Å². The third kappa shape index (κ3) is 3.73. The van der Waals surface area contributed by atoms with Crippen molar-refractivity contribution in [2.75, 3.05) is 11.5 Å². The molecule has 5 rings (SSSR count). The number of aromatic nitrogens is 6. The number of nitrogens with one attached hydrogen (secondary N) is 1. The van der Waals surface area contributed by atoms with Crippen LogP contribution in [-0.2, 0) is 14.1 Å². The second kappa shape index (κ2) is 9.00. The van der Waals surface area contributed by atoms with Crippen LogP contribution in [0.5, 0.6) is 0 Å². The summed E-state index contributed by atoms with van der Waals surface area (Å²) in [6.45, 7) is 1.99. The lowest BCUT2D eigenvalue weighted by Crippen LogP contribution is -2.41. The second-order valence-electron chi connectivity index (χ2n) is 8.35. The van der Waals surface area contributed by atoms with Crippen LogP contribution in [0.3, 0.4) is 0 Å². The molecule has 10 nitrogen and oxygen atoms in total. The second-order valence-corrected chi connectivity index (χ2v) is 9.30. The third-order valence-corrected chi connectivity index (χ3v) is 7.07. The Morgan fingerprint density at radius 1 is 1.03 bits per heavy atom. The van der Waals surface area contributed by atoms with Crippen LogP contribution in [0.25, 0.3) is 28.0 Å². The average Bonchev–Trinajstić information content (AvgIpc) is 3.49. The van der Waals surface area contributed by atoms with Gasteiger partial charge in [0.1, 0.15) is 11.4 Å². The van der Waals surface area contributed by atoms with E-state index in [1.165, 1.54) is 14.1 Å². The van der Waals surface area contributed by atoms with E-state index >= 15 is 0 Å². The highest BCUT2D eigenvalue weighted by Gasteiger charge is 2.24. The number of rotatable bonds is 6. The number of nitrogens with zero attached hydrogens (tertiary/aromatic N) is 5. The van der Waals surface area contributed by atoms with Gasteiger partial charge in [0.05, 0.1) is 11.4 Å². The standard InChI is InChI=1S/C25H23N7O3S/c1-14-8-4-7-11-18(14)32-22(16-12-27-17-10-6-5-9-15(16)17)28-29-24(32)36-13-19(33)20-21(26)30(2)25(35)31(3)23(20)34/h4-12,27H,13,26H2,1-3H3. The van der Waals surface area contributed by atoms with Gasteiger partial charge in [-0.1, -0.05) is 48.2 Å². The van der Waals surface area contributed by atoms with E-state index in [9.17, 15) is 14.4 Å². The summed E-state index contributed by atoms with van der Waals surface area (Å²) in [5.41, 5.74) is 8.15. The smallest absolute Gasteiger partial charge is 0.332 e. The van der Waals surface area contributed by atoms with E-state index in [0.29, 0.717) is 11.0 Å². The van der Waals surface area contributed by atoms with Crippen molar-refractivity contribution in [2.24, 2.45) is 14.1 Å². The van der Waals surface area contributed by atoms with Gasteiger partial charge in [0.25, 0.3) is 5.56 Å². The molecule has 0 spiro atoms. The number of nitrogen functional groups attached to an aromatic ring is 1. The van der Waals surface area contributed by atoms with Crippen molar-refractivity contribution >= 4 is 34.3 Å². The van der Waals surface area contributed by atoms with Gasteiger partial charge in [-0.2, -0.15) is 0 Å². The first-order chi connectivity index (χ1) is 17.3. The molecule has 0 radical (unpaired) electrons. The fourth-order valence-corrected chi connectivity index (χ4v) is 4.97. The van der Waals surface area contributed by atoms with E-state index in [0.717, 1.165) is 48.6 Å². The van der Waals surface area contributed by atoms with Crippen LogP contribution >= 0.6 is 11.8 Å². The number of benzene rings is 2. The molecule has 3 N–H and O–H groups in total. The molecular weight excluding hydrogens is 478 g/mol. The number of ketones is 1. The number of H-pyrrole nitrogens is 1. The summed E-state index contributed by atoms with van der Waals surface area (Å²) >= 11 is 1.15. The van der Waals surface area contributed by atoms with Crippen molar-refractivity contribution in [1.29, 1.82) is 0 Å². The predicted molar refractivity (Wildman–Crippen MR) is 140 cm³/mol. The lowest BCUT2D eigenvalue weighted by Gasteiger charge is -2.13. The molecule has 11 heteroatoms. The van der Waals surface area contributed by atoms with Gasteiger partial charge >= 0.3 is 5.69 Å². The number of anilines is 1. The predicted octanol–water partition coefficient (Wildman–Crippen LogP) is 2.68. The topological polar surface area (TPSA) is 134 Å². The Morgan fingerprint density at radius 2 is 1.75 bits per heavy atom. The van der Waals surface area contributed by atoms with E-state index in [1.54, 1.807) is 0 Å². The molecule has 0 unspecified atom stereocenters. The lowest BCUT2D eigenvalue weighted by atomic mass is 10.1. The van der Waals surface area contributed by atoms with Gasteiger partial charge in [0.2, 0.25) is 0 Å². The van der Waals surface area contributed by atoms with Crippen molar-refractivity contribution < 1.29 is 4.79 Å². The number of aryl methyl sites for hydroxylation is 1. The number of aromatic amines is 1. The SMILES string of the molecule is Cc1ccccc1-n1c(SCC(=O)c2c(N)n(C)c(=O)n(C)c2=O)nnc1-c1c[nH]c2ccccc12. The Balaban J connectivity index is 1.58. The van der Waals surface area contributed by atoms with Crippen molar-refractivity contribution in [2.45, 2.75) is 12.1 Å². The van der Waals surface area contributed by atoms with Gasteiger partial charge in [-0.15, -0.1) is 10.2 Å². The molecule has 0 saturated heterocycles. The molecule has 5 aromatic rings. The van der Waals surface area contributed by atoms with Crippen LogP contribution in [0.1, 0.15) is 15.9 Å². The quantitative estimate of drug-likeness (QED) is 0.270. The summed E-state index contributed by atoms with van der Waals surface area (Å²) in [6, 6.07) is 15.7. The number of Topliss-reactive ketones (excluding diaryl/α,β-unsaturated/α-hetero) is 1. The largest absolute Gasteiger partial charge is 0.384 e. The van der Waals surface area contributed by atoms with Gasteiger partial charge in [0, 0.05) is 36.8 Å². The van der Waals surface area contributed by atoms with Crippen LogP contribution in [0.2, 0.25) is 0 Å². The number of hydrogen-bond donors (Lipinski definition) is 2.